The topological polar surface area (TPSA) is 145 Å². The quantitative estimate of drug-likeness (QED) is 0.0284. The Kier molecular flexibility index (Phi) is 27.8. The van der Waals surface area contributed by atoms with E-state index in [9.17, 15) is 9.59 Å². The molecule has 0 aliphatic carbocycles. The Morgan fingerprint density at radius 3 is 0.973 bits per heavy atom. The van der Waals surface area contributed by atoms with E-state index in [0.29, 0.717) is 50.8 Å². The first-order chi connectivity index (χ1) is 55.1. The zero-order valence-corrected chi connectivity index (χ0v) is 65.4. The number of Topliss-reactive ketones (excluding diaryl/α,β-unsaturated/α-hetero) is 2. The zero-order chi connectivity index (χ0) is 76.9. The highest BCUT2D eigenvalue weighted by atomic mass is 32.2. The predicted molar refractivity (Wildman–Crippen MR) is 435 cm³/mol. The second-order valence-electron chi connectivity index (χ2n) is 28.5. The zero-order valence-electron chi connectivity index (χ0n) is 63.8. The minimum Gasteiger partial charge on any atom is -0.374 e. The number of thioether (sulfide) groups is 2. The number of hydrogen-bond donors (Lipinski definition) is 0. The summed E-state index contributed by atoms with van der Waals surface area (Å²) in [6.07, 6.45) is -0.312. The molecule has 0 radical (unpaired) electrons. The van der Waals surface area contributed by atoms with Crippen molar-refractivity contribution in [3.63, 3.8) is 0 Å². The molecule has 15 rings (SSSR count). The molecule has 0 unspecified atom stereocenters. The summed E-state index contributed by atoms with van der Waals surface area (Å²) >= 11 is 3.10. The van der Waals surface area contributed by atoms with Crippen molar-refractivity contribution in [2.75, 3.05) is 25.7 Å². The minimum atomic E-state index is -1.46. The van der Waals surface area contributed by atoms with Crippen LogP contribution in [0.1, 0.15) is 112 Å². The van der Waals surface area contributed by atoms with Gasteiger partial charge in [0.15, 0.2) is 11.6 Å². The highest BCUT2D eigenvalue weighted by Gasteiger charge is 2.63. The van der Waals surface area contributed by atoms with Crippen LogP contribution in [0.25, 0.3) is 0 Å². The number of carbonyl (C=O) groups is 2. The fraction of sp³-hybridized carbons (Fsp3) is 0.292. The second kappa shape index (κ2) is 39.1. The molecule has 2 saturated heterocycles. The maximum absolute atomic E-state index is 14.4. The summed E-state index contributed by atoms with van der Waals surface area (Å²) in [4.78, 5) is 29.2. The van der Waals surface area contributed by atoms with Crippen LogP contribution in [0.4, 0.5) is 0 Å². The number of ketones is 2. The van der Waals surface area contributed by atoms with Gasteiger partial charge in [0.05, 0.1) is 79.3 Å². The molecule has 0 N–H and O–H groups in total. The number of hydrogen-bond acceptors (Lipinski definition) is 16. The van der Waals surface area contributed by atoms with E-state index in [2.05, 4.69) is 37.3 Å². The molecule has 10 atom stereocenters. The lowest BCUT2D eigenvalue weighted by atomic mass is 9.85. The number of carbonyl (C=O) groups excluding carboxylic acids is 2. The molecule has 2 fully saturated rings. The molecule has 11 aromatic carbocycles. The average molecular weight is 1540 g/mol. The highest BCUT2D eigenvalue weighted by molar-refractivity contribution is 7.99. The molecule has 16 heteroatoms. The van der Waals surface area contributed by atoms with E-state index in [1.54, 1.807) is 30.4 Å². The molecular formula is C96H96O14S2. The number of ether oxygens (including phenoxy) is 12. The molecule has 0 saturated carbocycles. The summed E-state index contributed by atoms with van der Waals surface area (Å²) in [6, 6.07) is 96.9. The molecule has 11 aromatic rings. The summed E-state index contributed by atoms with van der Waals surface area (Å²) in [5.74, 6) is -2.89. The Bertz CT molecular complexity index is 4770. The van der Waals surface area contributed by atoms with Crippen molar-refractivity contribution in [2.24, 2.45) is 0 Å². The maximum Gasteiger partial charge on any atom is 0.226 e. The number of rotatable bonds is 33. The molecule has 0 amide bonds. The van der Waals surface area contributed by atoms with Crippen molar-refractivity contribution < 1.29 is 66.4 Å². The van der Waals surface area contributed by atoms with E-state index < -0.39 is 60.4 Å². The van der Waals surface area contributed by atoms with Gasteiger partial charge in [-0.25, -0.2) is 0 Å². The Morgan fingerprint density at radius 1 is 0.357 bits per heavy atom. The van der Waals surface area contributed by atoms with Gasteiger partial charge < -0.3 is 56.8 Å². The van der Waals surface area contributed by atoms with Crippen molar-refractivity contribution in [1.82, 2.24) is 0 Å². The van der Waals surface area contributed by atoms with Gasteiger partial charge >= 0.3 is 0 Å². The summed E-state index contributed by atoms with van der Waals surface area (Å²) < 4.78 is 82.9. The van der Waals surface area contributed by atoms with Crippen LogP contribution in [0.2, 0.25) is 0 Å². The second-order valence-corrected chi connectivity index (χ2v) is 30.1. The first-order valence-electron chi connectivity index (χ1n) is 38.4. The van der Waals surface area contributed by atoms with Crippen LogP contribution in [0.15, 0.2) is 301 Å². The predicted octanol–water partition coefficient (Wildman–Crippen LogP) is 19.1. The van der Waals surface area contributed by atoms with Crippen LogP contribution >= 0.6 is 23.5 Å². The van der Waals surface area contributed by atoms with Crippen molar-refractivity contribution in [2.45, 2.75) is 163 Å². The lowest BCUT2D eigenvalue weighted by Crippen LogP contribution is -2.65. The monoisotopic (exact) mass is 1540 g/mol. The van der Waals surface area contributed by atoms with Gasteiger partial charge in [0, 0.05) is 38.5 Å². The SMILES string of the molecule is CCc1ccc(CC(=O)c2cc3c(cc2SC)CO[C@]32O[C@H](COCc3ccccc3)[C@@H](OCc3ccccc3)[C@H](OCc3ccccc3)[C@H]2OCc2ccccc2)cc1.CSc1cc2c(cc1C(C)=O)[C@]1(OC2)O[C@H](COCc2ccccc2)[C@@H](OCc2ccccc2)[C@H](OCc2ccccc2)[C@H]1OCc1ccccc1. The van der Waals surface area contributed by atoms with Crippen LogP contribution in [-0.2, 0) is 147 Å². The molecular weight excluding hydrogens is 1440 g/mol. The van der Waals surface area contributed by atoms with Gasteiger partial charge in [0.1, 0.15) is 48.8 Å². The Balaban J connectivity index is 0.000000188. The lowest BCUT2D eigenvalue weighted by molar-refractivity contribution is -0.387. The number of aryl methyl sites for hydroxylation is 1. The molecule has 2 spiro atoms. The van der Waals surface area contributed by atoms with Gasteiger partial charge in [0.25, 0.3) is 0 Å². The van der Waals surface area contributed by atoms with Gasteiger partial charge in [0.2, 0.25) is 11.6 Å². The minimum absolute atomic E-state index is 0.0229. The van der Waals surface area contributed by atoms with Crippen molar-refractivity contribution >= 4 is 35.1 Å². The summed E-state index contributed by atoms with van der Waals surface area (Å²) in [5, 5.41) is 0. The fourth-order valence-corrected chi connectivity index (χ4v) is 16.3. The fourth-order valence-electron chi connectivity index (χ4n) is 15.0. The van der Waals surface area contributed by atoms with Crippen LogP contribution in [-0.4, -0.2) is 86.1 Å². The molecule has 4 aliphatic heterocycles. The first-order valence-corrected chi connectivity index (χ1v) is 40.9. The van der Waals surface area contributed by atoms with Crippen LogP contribution < -0.4 is 0 Å². The van der Waals surface area contributed by atoms with Crippen molar-refractivity contribution in [1.29, 1.82) is 0 Å². The maximum atomic E-state index is 14.4. The van der Waals surface area contributed by atoms with Crippen LogP contribution in [0, 0.1) is 0 Å². The van der Waals surface area contributed by atoms with E-state index >= 15 is 0 Å². The van der Waals surface area contributed by atoms with E-state index in [1.807, 2.05) is 273 Å². The van der Waals surface area contributed by atoms with Crippen LogP contribution in [0.3, 0.4) is 0 Å². The first kappa shape index (κ1) is 79.6. The van der Waals surface area contributed by atoms with Crippen LogP contribution in [0.5, 0.6) is 0 Å². The van der Waals surface area contributed by atoms with Gasteiger partial charge in [-0.2, -0.15) is 0 Å². The van der Waals surface area contributed by atoms with Gasteiger partial charge in [-0.1, -0.05) is 274 Å². The summed E-state index contributed by atoms with van der Waals surface area (Å²) in [5.41, 5.74) is 15.0. The number of benzene rings is 11. The highest BCUT2D eigenvalue weighted by Crippen LogP contribution is 2.53. The average Bonchev–Trinajstić information content (AvgIpc) is 1.37. The standard InChI is InChI=1S/C52H52O7S.C44H44O7S/c1-3-37-24-26-38(27-25-37)28-46(53)44-30-45-43(29-48(44)60-2)35-58-52(45)51(57-34-42-22-14-7-15-23-42)50(56-33-41-20-12-6-13-21-41)49(55-32-40-18-10-5-11-19-40)47(59-52)36-54-31-39-16-8-4-9-17-39;1-31(45)37-24-38-36(23-40(37)52-2)29-50-44(38)43(49-28-35-21-13-6-14-22-35)42(48-27-34-19-11-5-12-20-34)41(47-26-33-17-9-4-10-18-33)39(51-44)30-46-25-32-15-7-3-8-16-32/h4-27,29-30,47,49-51H,3,28,31-36H2,1-2H3;3-24,39,41-43H,25-30H2,1-2H3/t47-,49-,50+,51-,52+;39-,41-,42+,43-,44+/m11/s1. The third-order valence-electron chi connectivity index (χ3n) is 20.8. The Labute approximate surface area is 666 Å². The van der Waals surface area contributed by atoms with Crippen molar-refractivity contribution in [3.8, 4) is 0 Å². The Morgan fingerprint density at radius 2 is 0.652 bits per heavy atom. The molecule has 576 valence electrons. The molecule has 14 nitrogen and oxygen atoms in total. The molecule has 4 heterocycles. The van der Waals surface area contributed by atoms with Gasteiger partial charge in [-0.05, 0) is 117 Å². The molecule has 4 aliphatic rings. The third kappa shape index (κ3) is 19.6. The van der Waals surface area contributed by atoms with E-state index in [-0.39, 0.29) is 57.6 Å². The van der Waals surface area contributed by atoms with Gasteiger partial charge in [-0.15, -0.1) is 23.5 Å². The van der Waals surface area contributed by atoms with E-state index in [1.165, 1.54) is 5.56 Å². The number of fused-ring (bicyclic) bond motifs is 4. The smallest absolute Gasteiger partial charge is 0.226 e. The normalized spacial score (nSPS) is 21.6. The van der Waals surface area contributed by atoms with Gasteiger partial charge in [-0.3, -0.25) is 9.59 Å². The van der Waals surface area contributed by atoms with Crippen molar-refractivity contribution in [3.05, 3.63) is 380 Å². The summed E-state index contributed by atoms with van der Waals surface area (Å²) in [6.45, 7) is 7.25. The Hall–Kier alpha value is -9.02. The third-order valence-corrected chi connectivity index (χ3v) is 22.4. The summed E-state index contributed by atoms with van der Waals surface area (Å²) in [7, 11) is 0. The largest absolute Gasteiger partial charge is 0.374 e. The molecule has 112 heavy (non-hydrogen) atoms. The van der Waals surface area contributed by atoms with E-state index in [4.69, 9.17) is 56.8 Å². The molecule has 0 aromatic heterocycles. The van der Waals surface area contributed by atoms with E-state index in [0.717, 1.165) is 88.5 Å². The molecule has 0 bridgehead atoms. The lowest BCUT2D eigenvalue weighted by Gasteiger charge is -2.51.